The fourth-order valence-electron chi connectivity index (χ4n) is 4.02. The summed E-state index contributed by atoms with van der Waals surface area (Å²) in [4.78, 5) is 15.6. The van der Waals surface area contributed by atoms with E-state index >= 15 is 0 Å². The maximum Gasteiger partial charge on any atom is 0.195 e. The van der Waals surface area contributed by atoms with Crippen molar-refractivity contribution in [3.05, 3.63) is 65.4 Å². The predicted molar refractivity (Wildman–Crippen MR) is 110 cm³/mol. The molecule has 0 radical (unpaired) electrons. The maximum atomic E-state index is 13.3. The summed E-state index contributed by atoms with van der Waals surface area (Å²) in [5.41, 5.74) is 3.50. The Bertz CT molecular complexity index is 991. The standard InChI is InChI=1S/C23H26N2O3/c1-16-22(23(26)17-8-10-18(27-3)11-9-17)20-6-4-5-7-21(20)25(16)15-19-14-24(2)12-13-28-19/h4-11,19H,12-15H2,1-3H3. The minimum absolute atomic E-state index is 0.0387. The number of hydrogen-bond donors (Lipinski definition) is 0. The van der Waals surface area contributed by atoms with Gasteiger partial charge in [0.15, 0.2) is 5.78 Å². The molecule has 3 aromatic rings. The highest BCUT2D eigenvalue weighted by Gasteiger charge is 2.24. The Hall–Kier alpha value is -2.63. The largest absolute Gasteiger partial charge is 0.497 e. The van der Waals surface area contributed by atoms with Crippen molar-refractivity contribution in [1.29, 1.82) is 0 Å². The van der Waals surface area contributed by atoms with E-state index in [9.17, 15) is 4.79 Å². The monoisotopic (exact) mass is 378 g/mol. The summed E-state index contributed by atoms with van der Waals surface area (Å²) in [5, 5.41) is 0.991. The molecule has 4 rings (SSSR count). The molecule has 1 atom stereocenters. The predicted octanol–water partition coefficient (Wildman–Crippen LogP) is 3.52. The zero-order chi connectivity index (χ0) is 19.7. The highest BCUT2D eigenvalue weighted by Crippen LogP contribution is 2.29. The maximum absolute atomic E-state index is 13.3. The molecule has 1 fully saturated rings. The van der Waals surface area contributed by atoms with Crippen LogP contribution < -0.4 is 4.74 Å². The van der Waals surface area contributed by atoms with Gasteiger partial charge in [-0.25, -0.2) is 0 Å². The average Bonchev–Trinajstić information content (AvgIpc) is 2.99. The van der Waals surface area contributed by atoms with Gasteiger partial charge in [-0.15, -0.1) is 0 Å². The lowest BCUT2D eigenvalue weighted by molar-refractivity contribution is -0.0271. The molecule has 1 saturated heterocycles. The first-order valence-corrected chi connectivity index (χ1v) is 9.65. The van der Waals surface area contributed by atoms with Crippen LogP contribution in [0.3, 0.4) is 0 Å². The number of carbonyl (C=O) groups excluding carboxylic acids is 1. The van der Waals surface area contributed by atoms with E-state index in [-0.39, 0.29) is 11.9 Å². The van der Waals surface area contributed by atoms with Crippen molar-refractivity contribution in [2.45, 2.75) is 19.6 Å². The number of morpholine rings is 1. The normalized spacial score (nSPS) is 17.8. The number of rotatable bonds is 5. The van der Waals surface area contributed by atoms with E-state index in [1.807, 2.05) is 49.4 Å². The Balaban J connectivity index is 1.74. The first kappa shape index (κ1) is 18.7. The molecule has 2 aromatic carbocycles. The minimum atomic E-state index is 0.0387. The van der Waals surface area contributed by atoms with E-state index < -0.39 is 0 Å². The van der Waals surface area contributed by atoms with Crippen LogP contribution in [0, 0.1) is 6.92 Å². The van der Waals surface area contributed by atoms with Gasteiger partial charge in [-0.05, 0) is 44.3 Å². The summed E-state index contributed by atoms with van der Waals surface area (Å²) < 4.78 is 13.4. The first-order chi connectivity index (χ1) is 13.6. The fourth-order valence-corrected chi connectivity index (χ4v) is 4.02. The Morgan fingerprint density at radius 1 is 1.18 bits per heavy atom. The summed E-state index contributed by atoms with van der Waals surface area (Å²) >= 11 is 0. The molecule has 1 unspecified atom stereocenters. The molecule has 1 aromatic heterocycles. The first-order valence-electron chi connectivity index (χ1n) is 9.65. The van der Waals surface area contributed by atoms with Gasteiger partial charge in [0.2, 0.25) is 0 Å². The van der Waals surface area contributed by atoms with Gasteiger partial charge >= 0.3 is 0 Å². The van der Waals surface area contributed by atoms with Crippen molar-refractivity contribution in [2.24, 2.45) is 0 Å². The Morgan fingerprint density at radius 2 is 1.93 bits per heavy atom. The van der Waals surface area contributed by atoms with Crippen LogP contribution in [0.25, 0.3) is 10.9 Å². The summed E-state index contributed by atoms with van der Waals surface area (Å²) in [5.74, 6) is 0.783. The second-order valence-corrected chi connectivity index (χ2v) is 7.40. The summed E-state index contributed by atoms with van der Waals surface area (Å²) in [6, 6.07) is 15.4. The molecule has 0 bridgehead atoms. The number of para-hydroxylation sites is 1. The molecule has 0 saturated carbocycles. The number of likely N-dealkylation sites (N-methyl/N-ethyl adjacent to an activating group) is 1. The van der Waals surface area contributed by atoms with Crippen LogP contribution in [0.5, 0.6) is 5.75 Å². The van der Waals surface area contributed by atoms with Crippen molar-refractivity contribution in [1.82, 2.24) is 9.47 Å². The number of ketones is 1. The van der Waals surface area contributed by atoms with Gasteiger partial charge in [0.25, 0.3) is 0 Å². The van der Waals surface area contributed by atoms with E-state index in [2.05, 4.69) is 22.6 Å². The molecular weight excluding hydrogens is 352 g/mol. The van der Waals surface area contributed by atoms with Crippen molar-refractivity contribution in [3.8, 4) is 5.75 Å². The SMILES string of the molecule is COc1ccc(C(=O)c2c(C)n(CC3CN(C)CCO3)c3ccccc23)cc1. The zero-order valence-electron chi connectivity index (χ0n) is 16.6. The summed E-state index contributed by atoms with van der Waals surface area (Å²) in [7, 11) is 3.74. The summed E-state index contributed by atoms with van der Waals surface area (Å²) in [6.45, 7) is 5.38. The van der Waals surface area contributed by atoms with E-state index in [0.717, 1.165) is 54.2 Å². The van der Waals surface area contributed by atoms with Crippen LogP contribution in [0.15, 0.2) is 48.5 Å². The van der Waals surface area contributed by atoms with Gasteiger partial charge in [0.1, 0.15) is 5.75 Å². The van der Waals surface area contributed by atoms with Gasteiger partial charge in [-0.1, -0.05) is 18.2 Å². The van der Waals surface area contributed by atoms with E-state index in [1.54, 1.807) is 7.11 Å². The van der Waals surface area contributed by atoms with Crippen molar-refractivity contribution in [3.63, 3.8) is 0 Å². The molecule has 5 nitrogen and oxygen atoms in total. The van der Waals surface area contributed by atoms with E-state index in [4.69, 9.17) is 9.47 Å². The molecule has 2 heterocycles. The fraction of sp³-hybridized carbons (Fsp3) is 0.348. The van der Waals surface area contributed by atoms with Crippen LogP contribution in [-0.4, -0.2) is 55.2 Å². The van der Waals surface area contributed by atoms with Gasteiger partial charge < -0.3 is 18.9 Å². The quantitative estimate of drug-likeness (QED) is 0.637. The molecule has 5 heteroatoms. The molecule has 0 amide bonds. The second kappa shape index (κ2) is 7.78. The number of hydrogen-bond acceptors (Lipinski definition) is 4. The lowest BCUT2D eigenvalue weighted by Crippen LogP contribution is -2.42. The molecule has 146 valence electrons. The number of aromatic nitrogens is 1. The van der Waals surface area contributed by atoms with Crippen LogP contribution in [0.2, 0.25) is 0 Å². The smallest absolute Gasteiger partial charge is 0.195 e. The second-order valence-electron chi connectivity index (χ2n) is 7.40. The number of carbonyl (C=O) groups is 1. The Labute approximate surface area is 165 Å². The molecule has 0 aliphatic carbocycles. The van der Waals surface area contributed by atoms with Crippen LogP contribution in [-0.2, 0) is 11.3 Å². The molecule has 1 aliphatic heterocycles. The van der Waals surface area contributed by atoms with Gasteiger partial charge in [0, 0.05) is 35.2 Å². The number of methoxy groups -OCH3 is 1. The van der Waals surface area contributed by atoms with Gasteiger partial charge in [-0.2, -0.15) is 0 Å². The number of nitrogens with zero attached hydrogens (tertiary/aromatic N) is 2. The lowest BCUT2D eigenvalue weighted by atomic mass is 10.0. The highest BCUT2D eigenvalue weighted by molar-refractivity contribution is 6.17. The molecule has 0 spiro atoms. The van der Waals surface area contributed by atoms with Crippen LogP contribution in [0.1, 0.15) is 21.6 Å². The number of ether oxygens (including phenoxy) is 2. The Kier molecular flexibility index (Phi) is 5.20. The topological polar surface area (TPSA) is 43.7 Å². The zero-order valence-corrected chi connectivity index (χ0v) is 16.6. The van der Waals surface area contributed by atoms with E-state index in [1.165, 1.54) is 0 Å². The molecular formula is C23H26N2O3. The minimum Gasteiger partial charge on any atom is -0.497 e. The summed E-state index contributed by atoms with van der Waals surface area (Å²) in [6.07, 6.45) is 0.122. The van der Waals surface area contributed by atoms with Crippen LogP contribution >= 0.6 is 0 Å². The van der Waals surface area contributed by atoms with Crippen molar-refractivity contribution in [2.75, 3.05) is 33.9 Å². The third-order valence-corrected chi connectivity index (χ3v) is 5.54. The highest BCUT2D eigenvalue weighted by atomic mass is 16.5. The van der Waals surface area contributed by atoms with Crippen LogP contribution in [0.4, 0.5) is 0 Å². The van der Waals surface area contributed by atoms with Crippen molar-refractivity contribution >= 4 is 16.7 Å². The molecule has 1 aliphatic rings. The lowest BCUT2D eigenvalue weighted by Gasteiger charge is -2.30. The third kappa shape index (κ3) is 3.43. The molecule has 0 N–H and O–H groups in total. The third-order valence-electron chi connectivity index (χ3n) is 5.54. The molecule has 28 heavy (non-hydrogen) atoms. The average molecular weight is 378 g/mol. The van der Waals surface area contributed by atoms with Gasteiger partial charge in [0.05, 0.1) is 31.9 Å². The van der Waals surface area contributed by atoms with E-state index in [0.29, 0.717) is 5.56 Å². The Morgan fingerprint density at radius 3 is 2.64 bits per heavy atom. The van der Waals surface area contributed by atoms with Crippen molar-refractivity contribution < 1.29 is 14.3 Å². The number of benzene rings is 2. The number of fused-ring (bicyclic) bond motifs is 1. The van der Waals surface area contributed by atoms with Gasteiger partial charge in [-0.3, -0.25) is 4.79 Å².